The highest BCUT2D eigenvalue weighted by Crippen LogP contribution is 2.53. The number of fused-ring (bicyclic) bond motifs is 2. The number of rotatable bonds is 6. The molecular formula is C25H26O5S. The van der Waals surface area contributed by atoms with Gasteiger partial charge in [0.15, 0.2) is 4.75 Å². The molecule has 0 amide bonds. The van der Waals surface area contributed by atoms with Gasteiger partial charge in [-0.15, -0.1) is 0 Å². The number of allylic oxidation sites excluding steroid dienone is 2. The summed E-state index contributed by atoms with van der Waals surface area (Å²) in [5, 5.41) is 0. The fourth-order valence-corrected chi connectivity index (χ4v) is 6.76. The molecule has 3 aliphatic carbocycles. The van der Waals surface area contributed by atoms with Gasteiger partial charge in [-0.3, -0.25) is 13.8 Å². The van der Waals surface area contributed by atoms with Crippen LogP contribution in [0.2, 0.25) is 0 Å². The van der Waals surface area contributed by atoms with Gasteiger partial charge in [-0.25, -0.2) is 0 Å². The fraction of sp³-hybridized carbons (Fsp3) is 0.360. The molecule has 2 aromatic rings. The van der Waals surface area contributed by atoms with E-state index < -0.39 is 33.4 Å². The summed E-state index contributed by atoms with van der Waals surface area (Å²) in [5.41, 5.74) is 1.86. The summed E-state index contributed by atoms with van der Waals surface area (Å²) in [4.78, 5) is 27.2. The van der Waals surface area contributed by atoms with Crippen molar-refractivity contribution in [2.45, 2.75) is 36.0 Å². The molecule has 0 aromatic heterocycles. The average Bonchev–Trinajstić information content (AvgIpc) is 2.82. The molecule has 5 nitrogen and oxygen atoms in total. The van der Waals surface area contributed by atoms with Crippen LogP contribution < -0.4 is 0 Å². The van der Waals surface area contributed by atoms with Crippen LogP contribution in [0.15, 0.2) is 71.6 Å². The Labute approximate surface area is 184 Å². The second-order valence-corrected chi connectivity index (χ2v) is 9.85. The Hall–Kier alpha value is -2.73. The van der Waals surface area contributed by atoms with Crippen molar-refractivity contribution in [1.82, 2.24) is 0 Å². The van der Waals surface area contributed by atoms with Crippen LogP contribution in [0.4, 0.5) is 0 Å². The van der Waals surface area contributed by atoms with Crippen molar-refractivity contribution in [1.29, 1.82) is 0 Å². The second-order valence-electron chi connectivity index (χ2n) is 8.17. The summed E-state index contributed by atoms with van der Waals surface area (Å²) in [6, 6.07) is 16.6. The number of carbonyl (C=O) groups is 2. The molecule has 0 unspecified atom stereocenters. The number of methoxy groups -OCH3 is 1. The van der Waals surface area contributed by atoms with Crippen LogP contribution in [-0.4, -0.2) is 28.0 Å². The van der Waals surface area contributed by atoms with Crippen molar-refractivity contribution >= 4 is 22.7 Å². The molecule has 6 heteroatoms. The van der Waals surface area contributed by atoms with E-state index in [0.29, 0.717) is 11.3 Å². The van der Waals surface area contributed by atoms with Crippen molar-refractivity contribution in [3.63, 3.8) is 0 Å². The van der Waals surface area contributed by atoms with Crippen LogP contribution >= 0.6 is 0 Å². The molecule has 2 bridgehead atoms. The standard InChI is InChI=1S/C25H26O5S/c1-17-8-14-21(15-9-17)31(28)25(24(27)30-16-18-6-4-3-5-7-18)20-12-10-19(11-13-20)22(25)23(26)29-2/h3-10,12,14-15,19-20,22H,11,13,16H2,1-2H3/t19-,20+,22+,25-,31-/m1/s1. The molecule has 2 aromatic carbocycles. The van der Waals surface area contributed by atoms with Crippen molar-refractivity contribution < 1.29 is 23.3 Å². The monoisotopic (exact) mass is 438 g/mol. The Morgan fingerprint density at radius 3 is 2.35 bits per heavy atom. The third-order valence-corrected chi connectivity index (χ3v) is 8.41. The zero-order valence-electron chi connectivity index (χ0n) is 17.7. The number of hydrogen-bond acceptors (Lipinski definition) is 5. The van der Waals surface area contributed by atoms with Crippen LogP contribution in [0, 0.1) is 24.7 Å². The van der Waals surface area contributed by atoms with Crippen LogP contribution in [0.5, 0.6) is 0 Å². The normalized spacial score (nSPS) is 27.5. The molecular weight excluding hydrogens is 412 g/mol. The average molecular weight is 439 g/mol. The fourth-order valence-electron chi connectivity index (χ4n) is 4.80. The molecule has 1 saturated carbocycles. The first-order valence-electron chi connectivity index (χ1n) is 10.4. The molecule has 0 radical (unpaired) electrons. The molecule has 0 saturated heterocycles. The van der Waals surface area contributed by atoms with Gasteiger partial charge in [0.1, 0.15) is 6.61 Å². The predicted octanol–water partition coefficient (Wildman–Crippen LogP) is 3.97. The van der Waals surface area contributed by atoms with Crippen molar-refractivity contribution in [3.05, 3.63) is 77.9 Å². The summed E-state index contributed by atoms with van der Waals surface area (Å²) >= 11 is 0. The van der Waals surface area contributed by atoms with Gasteiger partial charge >= 0.3 is 11.9 Å². The summed E-state index contributed by atoms with van der Waals surface area (Å²) in [6.45, 7) is 2.00. The van der Waals surface area contributed by atoms with Gasteiger partial charge in [-0.05, 0) is 43.4 Å². The minimum absolute atomic E-state index is 0.0571. The number of benzene rings is 2. The first-order valence-corrected chi connectivity index (χ1v) is 11.6. The minimum Gasteiger partial charge on any atom is -0.469 e. The quantitative estimate of drug-likeness (QED) is 0.504. The van der Waals surface area contributed by atoms with Gasteiger partial charge in [0.25, 0.3) is 0 Å². The SMILES string of the molecule is COC(=O)[C@@H]1[C@@H]2C=C[C@@H](CC2)[C@@]1(C(=O)OCc1ccccc1)[S@](=O)c1ccc(C)cc1. The lowest BCUT2D eigenvalue weighted by Gasteiger charge is -2.50. The van der Waals surface area contributed by atoms with Crippen molar-refractivity contribution in [3.8, 4) is 0 Å². The smallest absolute Gasteiger partial charge is 0.327 e. The lowest BCUT2D eigenvalue weighted by atomic mass is 9.61. The minimum atomic E-state index is -1.80. The highest BCUT2D eigenvalue weighted by Gasteiger charge is 2.65. The van der Waals surface area contributed by atoms with Gasteiger partial charge in [-0.1, -0.05) is 60.2 Å². The van der Waals surface area contributed by atoms with Gasteiger partial charge in [0.05, 0.1) is 23.8 Å². The molecule has 0 aliphatic heterocycles. The van der Waals surface area contributed by atoms with Crippen LogP contribution in [0.25, 0.3) is 0 Å². The van der Waals surface area contributed by atoms with Gasteiger partial charge < -0.3 is 9.47 Å². The largest absolute Gasteiger partial charge is 0.469 e. The number of hydrogen-bond donors (Lipinski definition) is 0. The first kappa shape index (κ1) is 21.5. The Morgan fingerprint density at radius 1 is 1.03 bits per heavy atom. The predicted molar refractivity (Wildman–Crippen MR) is 117 cm³/mol. The summed E-state index contributed by atoms with van der Waals surface area (Å²) < 4.78 is 23.4. The van der Waals surface area contributed by atoms with E-state index in [2.05, 4.69) is 0 Å². The van der Waals surface area contributed by atoms with Crippen LogP contribution in [0.3, 0.4) is 0 Å². The number of carbonyl (C=O) groups excluding carboxylic acids is 2. The topological polar surface area (TPSA) is 69.7 Å². The van der Waals surface area contributed by atoms with Crippen molar-refractivity contribution in [2.75, 3.05) is 7.11 Å². The third kappa shape index (κ3) is 3.74. The Bertz CT molecular complexity index is 1010. The van der Waals surface area contributed by atoms with E-state index in [-0.39, 0.29) is 18.4 Å². The van der Waals surface area contributed by atoms with Crippen molar-refractivity contribution in [2.24, 2.45) is 17.8 Å². The maximum atomic E-state index is 14.1. The maximum Gasteiger partial charge on any atom is 0.327 e. The lowest BCUT2D eigenvalue weighted by molar-refractivity contribution is -0.163. The second kappa shape index (κ2) is 8.79. The van der Waals surface area contributed by atoms with Gasteiger partial charge in [-0.2, -0.15) is 0 Å². The summed E-state index contributed by atoms with van der Waals surface area (Å²) in [5.74, 6) is -2.56. The zero-order valence-corrected chi connectivity index (χ0v) is 18.5. The Balaban J connectivity index is 1.78. The number of aryl methyl sites for hydroxylation is 1. The molecule has 0 heterocycles. The molecule has 31 heavy (non-hydrogen) atoms. The maximum absolute atomic E-state index is 14.1. The number of ether oxygens (including phenoxy) is 2. The zero-order chi connectivity index (χ0) is 22.0. The molecule has 5 atom stereocenters. The van der Waals surface area contributed by atoms with E-state index in [9.17, 15) is 13.8 Å². The molecule has 0 spiro atoms. The summed E-state index contributed by atoms with van der Waals surface area (Å²) in [7, 11) is -0.494. The molecule has 1 fully saturated rings. The molecule has 162 valence electrons. The van der Waals surface area contributed by atoms with E-state index in [0.717, 1.165) is 17.5 Å². The molecule has 0 N–H and O–H groups in total. The highest BCUT2D eigenvalue weighted by atomic mass is 32.2. The molecule has 5 rings (SSSR count). The van der Waals surface area contributed by atoms with Gasteiger partial charge in [0.2, 0.25) is 0 Å². The number of esters is 2. The Kier molecular flexibility index (Phi) is 6.10. The highest BCUT2D eigenvalue weighted by molar-refractivity contribution is 7.87. The van der Waals surface area contributed by atoms with E-state index in [1.54, 1.807) is 12.1 Å². The van der Waals surface area contributed by atoms with Crippen LogP contribution in [-0.2, 0) is 36.5 Å². The lowest BCUT2D eigenvalue weighted by Crippen LogP contribution is -2.63. The third-order valence-electron chi connectivity index (χ3n) is 6.37. The molecule has 3 aliphatic rings. The van der Waals surface area contributed by atoms with E-state index in [4.69, 9.17) is 9.47 Å². The Morgan fingerprint density at radius 2 is 1.74 bits per heavy atom. The van der Waals surface area contributed by atoms with E-state index >= 15 is 0 Å². The summed E-state index contributed by atoms with van der Waals surface area (Å²) in [6.07, 6.45) is 5.32. The van der Waals surface area contributed by atoms with Crippen LogP contribution in [0.1, 0.15) is 24.0 Å². The van der Waals surface area contributed by atoms with E-state index in [1.807, 2.05) is 61.5 Å². The van der Waals surface area contributed by atoms with Gasteiger partial charge in [0, 0.05) is 10.8 Å². The first-order chi connectivity index (χ1) is 15.0. The van der Waals surface area contributed by atoms with E-state index in [1.165, 1.54) is 7.11 Å².